The van der Waals surface area contributed by atoms with Crippen molar-refractivity contribution in [2.24, 2.45) is 0 Å². The number of alkyl halides is 3. The van der Waals surface area contributed by atoms with E-state index in [0.29, 0.717) is 18.4 Å². The number of rotatable bonds is 5. The lowest BCUT2D eigenvalue weighted by molar-refractivity contribution is -0.137. The molecule has 1 heterocycles. The zero-order chi connectivity index (χ0) is 19.7. The van der Waals surface area contributed by atoms with Gasteiger partial charge in [-0.25, -0.2) is 4.98 Å². The second kappa shape index (κ2) is 7.02. The van der Waals surface area contributed by atoms with Gasteiger partial charge in [0.05, 0.1) is 11.1 Å². The number of aromatic nitrogens is 1. The Labute approximate surface area is 154 Å². The second-order valence-electron chi connectivity index (χ2n) is 6.45. The molecule has 3 rings (SSSR count). The average Bonchev–Trinajstić information content (AvgIpc) is 3.42. The van der Waals surface area contributed by atoms with E-state index in [4.69, 9.17) is 0 Å². The molecule has 27 heavy (non-hydrogen) atoms. The number of benzene rings is 1. The molecule has 1 aliphatic carbocycles. The van der Waals surface area contributed by atoms with Crippen molar-refractivity contribution < 1.29 is 22.8 Å². The first-order valence-electron chi connectivity index (χ1n) is 8.50. The van der Waals surface area contributed by atoms with Gasteiger partial charge in [0.2, 0.25) is 5.91 Å². The van der Waals surface area contributed by atoms with Crippen molar-refractivity contribution in [3.63, 3.8) is 0 Å². The number of nitrogens with zero attached hydrogens (tertiary/aromatic N) is 1. The molecule has 142 valence electrons. The highest BCUT2D eigenvalue weighted by Crippen LogP contribution is 2.46. The van der Waals surface area contributed by atoms with Gasteiger partial charge < -0.3 is 10.6 Å². The molecule has 0 unspecified atom stereocenters. The topological polar surface area (TPSA) is 71.1 Å². The second-order valence-corrected chi connectivity index (χ2v) is 6.45. The van der Waals surface area contributed by atoms with Gasteiger partial charge >= 0.3 is 6.18 Å². The summed E-state index contributed by atoms with van der Waals surface area (Å²) in [6.07, 6.45) is -1.65. The standard InChI is InChI=1S/C19H18F3N3O2/c1-2-16(26)24-15-10-12(6-9-23-15)17(27)25-18(7-8-18)13-4-3-5-14(11-13)19(20,21)22/h3-6,9-11H,2,7-8H2,1H3,(H,25,27)(H,23,24,26). The minimum Gasteiger partial charge on any atom is -0.343 e. The van der Waals surface area contributed by atoms with E-state index in [-0.39, 0.29) is 23.7 Å². The van der Waals surface area contributed by atoms with Crippen LogP contribution in [0.15, 0.2) is 42.6 Å². The van der Waals surface area contributed by atoms with Crippen LogP contribution in [-0.2, 0) is 16.5 Å². The largest absolute Gasteiger partial charge is 0.416 e. The van der Waals surface area contributed by atoms with Crippen molar-refractivity contribution in [1.29, 1.82) is 0 Å². The third-order valence-corrected chi connectivity index (χ3v) is 4.46. The number of amides is 2. The smallest absolute Gasteiger partial charge is 0.343 e. The van der Waals surface area contributed by atoms with Gasteiger partial charge in [0.25, 0.3) is 5.91 Å². The molecule has 1 fully saturated rings. The Balaban J connectivity index is 1.78. The fourth-order valence-corrected chi connectivity index (χ4v) is 2.76. The molecule has 0 bridgehead atoms. The zero-order valence-corrected chi connectivity index (χ0v) is 14.6. The van der Waals surface area contributed by atoms with E-state index in [1.807, 2.05) is 0 Å². The Bertz CT molecular complexity index is 876. The molecular formula is C19H18F3N3O2. The highest BCUT2D eigenvalue weighted by molar-refractivity contribution is 5.97. The van der Waals surface area contributed by atoms with Gasteiger partial charge in [-0.05, 0) is 42.7 Å². The molecule has 0 atom stereocenters. The van der Waals surface area contributed by atoms with E-state index in [2.05, 4.69) is 15.6 Å². The number of halogens is 3. The molecule has 0 spiro atoms. The lowest BCUT2D eigenvalue weighted by atomic mass is 10.0. The summed E-state index contributed by atoms with van der Waals surface area (Å²) < 4.78 is 38.9. The van der Waals surface area contributed by atoms with Gasteiger partial charge in [-0.1, -0.05) is 19.1 Å². The monoisotopic (exact) mass is 377 g/mol. The fraction of sp³-hybridized carbons (Fsp3) is 0.316. The third-order valence-electron chi connectivity index (χ3n) is 4.46. The Hall–Kier alpha value is -2.90. The normalized spacial score (nSPS) is 15.1. The highest BCUT2D eigenvalue weighted by Gasteiger charge is 2.46. The van der Waals surface area contributed by atoms with Crippen LogP contribution < -0.4 is 10.6 Å². The van der Waals surface area contributed by atoms with Crippen molar-refractivity contribution >= 4 is 17.6 Å². The maximum absolute atomic E-state index is 13.0. The number of hydrogen-bond acceptors (Lipinski definition) is 3. The van der Waals surface area contributed by atoms with Crippen molar-refractivity contribution in [2.75, 3.05) is 5.32 Å². The van der Waals surface area contributed by atoms with Crippen LogP contribution in [0.25, 0.3) is 0 Å². The van der Waals surface area contributed by atoms with Crippen molar-refractivity contribution in [3.05, 3.63) is 59.3 Å². The van der Waals surface area contributed by atoms with Crippen molar-refractivity contribution in [2.45, 2.75) is 37.9 Å². The van der Waals surface area contributed by atoms with Crippen LogP contribution in [0.3, 0.4) is 0 Å². The molecule has 1 saturated carbocycles. The Morgan fingerprint density at radius 1 is 1.19 bits per heavy atom. The maximum Gasteiger partial charge on any atom is 0.416 e. The van der Waals surface area contributed by atoms with Crippen LogP contribution in [0.5, 0.6) is 0 Å². The fourth-order valence-electron chi connectivity index (χ4n) is 2.76. The van der Waals surface area contributed by atoms with E-state index in [1.165, 1.54) is 24.4 Å². The van der Waals surface area contributed by atoms with Gasteiger partial charge in [0.1, 0.15) is 5.82 Å². The number of carbonyl (C=O) groups is 2. The van der Waals surface area contributed by atoms with E-state index in [1.54, 1.807) is 13.0 Å². The number of nitrogens with one attached hydrogen (secondary N) is 2. The summed E-state index contributed by atoms with van der Waals surface area (Å²) in [5, 5.41) is 5.39. The quantitative estimate of drug-likeness (QED) is 0.831. The van der Waals surface area contributed by atoms with Gasteiger partial charge in [0.15, 0.2) is 0 Å². The van der Waals surface area contributed by atoms with E-state index in [9.17, 15) is 22.8 Å². The molecule has 2 amide bonds. The molecule has 8 heteroatoms. The summed E-state index contributed by atoms with van der Waals surface area (Å²) in [4.78, 5) is 28.0. The molecule has 0 saturated heterocycles. The van der Waals surface area contributed by atoms with Crippen LogP contribution in [-0.4, -0.2) is 16.8 Å². The number of pyridine rings is 1. The first kappa shape index (κ1) is 18.9. The van der Waals surface area contributed by atoms with Crippen LogP contribution in [0.2, 0.25) is 0 Å². The maximum atomic E-state index is 13.0. The summed E-state index contributed by atoms with van der Waals surface area (Å²) in [5.74, 6) is -0.416. The van der Waals surface area contributed by atoms with E-state index in [0.717, 1.165) is 12.1 Å². The molecule has 5 nitrogen and oxygen atoms in total. The lowest BCUT2D eigenvalue weighted by Gasteiger charge is -2.19. The van der Waals surface area contributed by atoms with Gasteiger partial charge in [-0.15, -0.1) is 0 Å². The minimum absolute atomic E-state index is 0.234. The summed E-state index contributed by atoms with van der Waals surface area (Å²) in [6, 6.07) is 7.93. The van der Waals surface area contributed by atoms with Crippen molar-refractivity contribution in [1.82, 2.24) is 10.3 Å². The average molecular weight is 377 g/mol. The molecule has 1 aromatic carbocycles. The summed E-state index contributed by atoms with van der Waals surface area (Å²) in [6.45, 7) is 1.69. The van der Waals surface area contributed by atoms with Gasteiger partial charge in [-0.3, -0.25) is 9.59 Å². The number of anilines is 1. The predicted octanol–water partition coefficient (Wildman–Crippen LogP) is 3.87. The summed E-state index contributed by atoms with van der Waals surface area (Å²) in [5.41, 5.74) is -0.836. The molecule has 0 aliphatic heterocycles. The zero-order valence-electron chi connectivity index (χ0n) is 14.6. The molecule has 2 aromatic rings. The highest BCUT2D eigenvalue weighted by atomic mass is 19.4. The molecule has 2 N–H and O–H groups in total. The number of carbonyl (C=O) groups excluding carboxylic acids is 2. The van der Waals surface area contributed by atoms with Crippen LogP contribution in [0.1, 0.15) is 47.7 Å². The van der Waals surface area contributed by atoms with E-state index >= 15 is 0 Å². The Kier molecular flexibility index (Phi) is 4.91. The van der Waals surface area contributed by atoms with Crippen LogP contribution >= 0.6 is 0 Å². The first-order chi connectivity index (χ1) is 12.7. The van der Waals surface area contributed by atoms with Crippen molar-refractivity contribution in [3.8, 4) is 0 Å². The van der Waals surface area contributed by atoms with E-state index < -0.39 is 23.2 Å². The molecule has 1 aliphatic rings. The predicted molar refractivity (Wildman–Crippen MR) is 93.0 cm³/mol. The van der Waals surface area contributed by atoms with Crippen LogP contribution in [0, 0.1) is 0 Å². The Morgan fingerprint density at radius 2 is 1.93 bits per heavy atom. The Morgan fingerprint density at radius 3 is 2.56 bits per heavy atom. The number of hydrogen-bond donors (Lipinski definition) is 2. The SMILES string of the molecule is CCC(=O)Nc1cc(C(=O)NC2(c3cccc(C(F)(F)F)c3)CC2)ccn1. The minimum atomic E-state index is -4.44. The molecular weight excluding hydrogens is 359 g/mol. The van der Waals surface area contributed by atoms with Crippen LogP contribution in [0.4, 0.5) is 19.0 Å². The summed E-state index contributed by atoms with van der Waals surface area (Å²) in [7, 11) is 0. The molecule has 0 radical (unpaired) electrons. The third kappa shape index (κ3) is 4.27. The lowest BCUT2D eigenvalue weighted by Crippen LogP contribution is -2.35. The summed E-state index contributed by atoms with van der Waals surface area (Å²) >= 11 is 0. The van der Waals surface area contributed by atoms with Gasteiger partial charge in [-0.2, -0.15) is 13.2 Å². The first-order valence-corrected chi connectivity index (χ1v) is 8.50. The van der Waals surface area contributed by atoms with Gasteiger partial charge in [0, 0.05) is 18.2 Å². The molecule has 1 aromatic heterocycles.